The monoisotopic (exact) mass is 354 g/mol. The summed E-state index contributed by atoms with van der Waals surface area (Å²) in [5.74, 6) is -1.17. The third-order valence-electron chi connectivity index (χ3n) is 4.20. The Labute approximate surface area is 154 Å². The predicted molar refractivity (Wildman–Crippen MR) is 103 cm³/mol. The van der Waals surface area contributed by atoms with Crippen molar-refractivity contribution in [1.29, 1.82) is 0 Å². The van der Waals surface area contributed by atoms with Crippen LogP contribution in [0.25, 0.3) is 0 Å². The lowest BCUT2D eigenvalue weighted by Gasteiger charge is -2.15. The Morgan fingerprint density at radius 1 is 0.880 bits per heavy atom. The van der Waals surface area contributed by atoms with Crippen LogP contribution in [0.4, 0.5) is 0 Å². The van der Waals surface area contributed by atoms with Gasteiger partial charge in [-0.25, -0.2) is 0 Å². The van der Waals surface area contributed by atoms with Crippen LogP contribution in [0.15, 0.2) is 12.2 Å². The second-order valence-corrected chi connectivity index (χ2v) is 6.77. The van der Waals surface area contributed by atoms with E-state index in [0.717, 1.165) is 32.1 Å². The summed E-state index contributed by atoms with van der Waals surface area (Å²) < 4.78 is 5.27. The smallest absolute Gasteiger partial charge is 0.307 e. The molecule has 1 N–H and O–H groups in total. The number of carbonyl (C=O) groups is 2. The molecule has 0 saturated heterocycles. The van der Waals surface area contributed by atoms with Crippen LogP contribution in [0.3, 0.4) is 0 Å². The van der Waals surface area contributed by atoms with Crippen LogP contribution in [0.5, 0.6) is 0 Å². The molecule has 0 saturated carbocycles. The summed E-state index contributed by atoms with van der Waals surface area (Å²) in [7, 11) is 0. The zero-order valence-corrected chi connectivity index (χ0v) is 16.3. The molecule has 4 heteroatoms. The van der Waals surface area contributed by atoms with Crippen molar-refractivity contribution in [3.8, 4) is 0 Å². The molecule has 0 amide bonds. The first-order chi connectivity index (χ1) is 12.1. The first-order valence-corrected chi connectivity index (χ1v) is 10.2. The van der Waals surface area contributed by atoms with Crippen molar-refractivity contribution in [2.24, 2.45) is 0 Å². The highest BCUT2D eigenvalue weighted by Gasteiger charge is 2.16. The quantitative estimate of drug-likeness (QED) is 0.196. The van der Waals surface area contributed by atoms with E-state index in [0.29, 0.717) is 12.8 Å². The molecule has 1 unspecified atom stereocenters. The highest BCUT2D eigenvalue weighted by molar-refractivity contribution is 5.71. The molecule has 1 atom stereocenters. The van der Waals surface area contributed by atoms with Gasteiger partial charge in [-0.1, -0.05) is 64.5 Å². The van der Waals surface area contributed by atoms with Gasteiger partial charge in [0, 0.05) is 6.42 Å². The first-order valence-electron chi connectivity index (χ1n) is 10.2. The Morgan fingerprint density at radius 2 is 1.48 bits per heavy atom. The maximum Gasteiger partial charge on any atom is 0.307 e. The maximum atomic E-state index is 11.8. The van der Waals surface area contributed by atoms with Gasteiger partial charge in [0.25, 0.3) is 0 Å². The van der Waals surface area contributed by atoms with Crippen molar-refractivity contribution in [2.75, 3.05) is 0 Å². The molecule has 0 spiro atoms. The highest BCUT2D eigenvalue weighted by Crippen LogP contribution is 2.12. The lowest BCUT2D eigenvalue weighted by atomic mass is 10.1. The molecule has 0 aliphatic heterocycles. The fourth-order valence-electron chi connectivity index (χ4n) is 2.77. The third-order valence-corrected chi connectivity index (χ3v) is 4.20. The number of allylic oxidation sites excluding steroid dienone is 2. The van der Waals surface area contributed by atoms with Crippen molar-refractivity contribution >= 4 is 11.9 Å². The summed E-state index contributed by atoms with van der Waals surface area (Å²) in [4.78, 5) is 22.5. The van der Waals surface area contributed by atoms with Gasteiger partial charge in [-0.3, -0.25) is 9.59 Å². The standard InChI is InChI=1S/C21H38O4/c1-3-5-6-7-8-9-10-11-12-13-14-15-17-21(24)25-19(16-4-2)18-20(22)23/h8-9,19H,3-7,10-18H2,1-2H3,(H,22,23)/b9-8-. The van der Waals surface area contributed by atoms with E-state index >= 15 is 0 Å². The molecule has 0 aromatic rings. The minimum atomic E-state index is -0.911. The van der Waals surface area contributed by atoms with Crippen LogP contribution in [-0.2, 0) is 14.3 Å². The number of hydrogen-bond acceptors (Lipinski definition) is 3. The summed E-state index contributed by atoms with van der Waals surface area (Å²) in [5.41, 5.74) is 0. The van der Waals surface area contributed by atoms with Crippen LogP contribution in [0, 0.1) is 0 Å². The number of carbonyl (C=O) groups excluding carboxylic acids is 1. The normalized spacial score (nSPS) is 12.4. The molecular formula is C21H38O4. The number of carboxylic acid groups (broad SMARTS) is 1. The number of ether oxygens (including phenoxy) is 1. The van der Waals surface area contributed by atoms with Crippen molar-refractivity contribution < 1.29 is 19.4 Å². The van der Waals surface area contributed by atoms with Gasteiger partial charge in [0.15, 0.2) is 0 Å². The number of rotatable bonds is 17. The Hall–Kier alpha value is -1.32. The molecule has 0 radical (unpaired) electrons. The Balaban J connectivity index is 3.54. The molecule has 0 fully saturated rings. The van der Waals surface area contributed by atoms with E-state index in [1.807, 2.05) is 6.92 Å². The van der Waals surface area contributed by atoms with Gasteiger partial charge in [-0.15, -0.1) is 0 Å². The van der Waals surface area contributed by atoms with E-state index in [9.17, 15) is 9.59 Å². The average Bonchev–Trinajstić information content (AvgIpc) is 2.55. The van der Waals surface area contributed by atoms with E-state index in [1.54, 1.807) is 0 Å². The van der Waals surface area contributed by atoms with E-state index in [1.165, 1.54) is 38.5 Å². The van der Waals surface area contributed by atoms with Crippen LogP contribution in [0.2, 0.25) is 0 Å². The van der Waals surface area contributed by atoms with Gasteiger partial charge in [-0.05, 0) is 38.5 Å². The summed E-state index contributed by atoms with van der Waals surface area (Å²) >= 11 is 0. The molecule has 0 aromatic heterocycles. The molecule has 25 heavy (non-hydrogen) atoms. The lowest BCUT2D eigenvalue weighted by Crippen LogP contribution is -2.21. The van der Waals surface area contributed by atoms with Crippen LogP contribution >= 0.6 is 0 Å². The fourth-order valence-corrected chi connectivity index (χ4v) is 2.77. The Bertz CT molecular complexity index is 363. The third kappa shape index (κ3) is 17.3. The lowest BCUT2D eigenvalue weighted by molar-refractivity contribution is -0.153. The van der Waals surface area contributed by atoms with Crippen LogP contribution in [-0.4, -0.2) is 23.1 Å². The second-order valence-electron chi connectivity index (χ2n) is 6.77. The second kappa shape index (κ2) is 17.5. The number of unbranched alkanes of at least 4 members (excludes halogenated alkanes) is 8. The van der Waals surface area contributed by atoms with Crippen molar-refractivity contribution in [1.82, 2.24) is 0 Å². The van der Waals surface area contributed by atoms with E-state index in [-0.39, 0.29) is 12.4 Å². The zero-order chi connectivity index (χ0) is 18.8. The van der Waals surface area contributed by atoms with E-state index in [2.05, 4.69) is 19.1 Å². The number of aliphatic carboxylic acids is 1. The Morgan fingerprint density at radius 3 is 2.08 bits per heavy atom. The molecule has 0 rings (SSSR count). The Kier molecular flexibility index (Phi) is 16.6. The van der Waals surface area contributed by atoms with Gasteiger partial charge < -0.3 is 9.84 Å². The van der Waals surface area contributed by atoms with Gasteiger partial charge in [-0.2, -0.15) is 0 Å². The topological polar surface area (TPSA) is 63.6 Å². The zero-order valence-electron chi connectivity index (χ0n) is 16.3. The van der Waals surface area contributed by atoms with Crippen molar-refractivity contribution in [2.45, 2.75) is 110 Å². The SMILES string of the molecule is CCCCC/C=C\CCCCCCCC(=O)OC(CCC)CC(=O)O. The largest absolute Gasteiger partial charge is 0.481 e. The summed E-state index contributed by atoms with van der Waals surface area (Å²) in [6.07, 6.45) is 17.5. The fraction of sp³-hybridized carbons (Fsp3) is 0.810. The van der Waals surface area contributed by atoms with Gasteiger partial charge in [0.05, 0.1) is 6.42 Å². The molecule has 0 aliphatic rings. The van der Waals surface area contributed by atoms with E-state index < -0.39 is 12.1 Å². The summed E-state index contributed by atoms with van der Waals surface area (Å²) in [6, 6.07) is 0. The summed E-state index contributed by atoms with van der Waals surface area (Å²) in [5, 5.41) is 8.82. The molecule has 0 bridgehead atoms. The predicted octanol–water partition coefficient (Wildman–Crippen LogP) is 6.04. The van der Waals surface area contributed by atoms with Crippen molar-refractivity contribution in [3.63, 3.8) is 0 Å². The molecule has 0 aromatic carbocycles. The van der Waals surface area contributed by atoms with Gasteiger partial charge in [0.1, 0.15) is 6.10 Å². The molecule has 0 heterocycles. The first kappa shape index (κ1) is 23.7. The molecular weight excluding hydrogens is 316 g/mol. The number of esters is 1. The minimum absolute atomic E-state index is 0.0917. The van der Waals surface area contributed by atoms with Crippen molar-refractivity contribution in [3.05, 3.63) is 12.2 Å². The minimum Gasteiger partial charge on any atom is -0.481 e. The number of carboxylic acids is 1. The molecule has 0 aliphatic carbocycles. The van der Waals surface area contributed by atoms with Crippen LogP contribution < -0.4 is 0 Å². The summed E-state index contributed by atoms with van der Waals surface area (Å²) in [6.45, 7) is 4.19. The number of hydrogen-bond donors (Lipinski definition) is 1. The van der Waals surface area contributed by atoms with E-state index in [4.69, 9.17) is 9.84 Å². The molecule has 146 valence electrons. The van der Waals surface area contributed by atoms with Gasteiger partial charge >= 0.3 is 11.9 Å². The maximum absolute atomic E-state index is 11.8. The van der Waals surface area contributed by atoms with Gasteiger partial charge in [0.2, 0.25) is 0 Å². The highest BCUT2D eigenvalue weighted by atomic mass is 16.5. The van der Waals surface area contributed by atoms with Crippen LogP contribution in [0.1, 0.15) is 104 Å². The average molecular weight is 355 g/mol. The molecule has 4 nitrogen and oxygen atoms in total.